The number of hydrogen-bond acceptors (Lipinski definition) is 1. The normalized spacial score (nSPS) is 19.5. The van der Waals surface area contributed by atoms with Gasteiger partial charge in [0.05, 0.1) is 10.1 Å². The molecule has 0 amide bonds. The number of allylic oxidation sites excluding steroid dienone is 4. The summed E-state index contributed by atoms with van der Waals surface area (Å²) in [7, 11) is 3.94. The van der Waals surface area contributed by atoms with Gasteiger partial charge in [-0.15, -0.1) is 0 Å². The zero-order valence-electron chi connectivity index (χ0n) is 10.6. The summed E-state index contributed by atoms with van der Waals surface area (Å²) in [6.07, 6.45) is 2.63. The Morgan fingerprint density at radius 2 is 1.79 bits per heavy atom. The average Bonchev–Trinajstić information content (AvgIpc) is 2.37. The summed E-state index contributed by atoms with van der Waals surface area (Å²) < 4.78 is 0. The molecular weight excluding hydrogens is 324 g/mol. The Balaban J connectivity index is 2.49. The van der Waals surface area contributed by atoms with Gasteiger partial charge in [-0.2, -0.15) is 0 Å². The van der Waals surface area contributed by atoms with E-state index in [1.165, 1.54) is 0 Å². The van der Waals surface area contributed by atoms with Crippen LogP contribution >= 0.6 is 46.4 Å². The Labute approximate surface area is 133 Å². The molecule has 2 rings (SSSR count). The first-order valence-electron chi connectivity index (χ1n) is 5.79. The van der Waals surface area contributed by atoms with Gasteiger partial charge >= 0.3 is 0 Å². The van der Waals surface area contributed by atoms with Crippen LogP contribution in [0.3, 0.4) is 0 Å². The van der Waals surface area contributed by atoms with Gasteiger partial charge in [-0.3, -0.25) is 0 Å². The highest BCUT2D eigenvalue weighted by Crippen LogP contribution is 2.44. The van der Waals surface area contributed by atoms with Crippen molar-refractivity contribution in [3.05, 3.63) is 50.0 Å². The number of anilines is 1. The second-order valence-electron chi connectivity index (χ2n) is 4.60. The van der Waals surface area contributed by atoms with Gasteiger partial charge in [0, 0.05) is 35.8 Å². The van der Waals surface area contributed by atoms with Gasteiger partial charge in [0.1, 0.15) is 0 Å². The van der Waals surface area contributed by atoms with Crippen LogP contribution in [0.15, 0.2) is 39.4 Å². The van der Waals surface area contributed by atoms with Crippen molar-refractivity contribution in [2.45, 2.75) is 12.3 Å². The first-order valence-corrected chi connectivity index (χ1v) is 7.31. The summed E-state index contributed by atoms with van der Waals surface area (Å²) in [6, 6.07) is 5.78. The fourth-order valence-electron chi connectivity index (χ4n) is 2.14. The van der Waals surface area contributed by atoms with Crippen molar-refractivity contribution in [2.75, 3.05) is 19.0 Å². The second-order valence-corrected chi connectivity index (χ2v) is 6.23. The number of halogens is 4. The maximum atomic E-state index is 6.35. The van der Waals surface area contributed by atoms with E-state index in [1.807, 2.05) is 43.3 Å². The Kier molecular flexibility index (Phi) is 4.73. The molecule has 0 saturated heterocycles. The van der Waals surface area contributed by atoms with Crippen molar-refractivity contribution in [3.8, 4) is 0 Å². The molecular formula is C14H13Cl4N. The van der Waals surface area contributed by atoms with Gasteiger partial charge in [-0.1, -0.05) is 58.5 Å². The van der Waals surface area contributed by atoms with Gasteiger partial charge in [-0.05, 0) is 24.1 Å². The summed E-state index contributed by atoms with van der Waals surface area (Å²) in [5.74, 6) is 0.0198. The molecule has 0 radical (unpaired) electrons. The smallest absolute Gasteiger partial charge is 0.0740 e. The third kappa shape index (κ3) is 3.05. The Hall–Kier alpha value is -0.340. The molecule has 0 aliphatic heterocycles. The average molecular weight is 337 g/mol. The lowest BCUT2D eigenvalue weighted by Gasteiger charge is -2.26. The van der Waals surface area contributed by atoms with E-state index in [2.05, 4.69) is 0 Å². The lowest BCUT2D eigenvalue weighted by Crippen LogP contribution is -2.14. The molecule has 1 aromatic rings. The highest BCUT2D eigenvalue weighted by molar-refractivity contribution is 6.48. The molecule has 102 valence electrons. The van der Waals surface area contributed by atoms with Crippen LogP contribution in [-0.4, -0.2) is 14.1 Å². The standard InChI is InChI=1S/C14H13Cl4N/c1-19(2)12-7-8(15)3-4-9(12)10-5-6-11(16)14(18)13(10)17/h3-4,6-7,10H,5H2,1-2H3. The lowest BCUT2D eigenvalue weighted by molar-refractivity contribution is 0.827. The Bertz CT molecular complexity index is 561. The van der Waals surface area contributed by atoms with Crippen LogP contribution in [0.4, 0.5) is 5.69 Å². The van der Waals surface area contributed by atoms with Gasteiger partial charge < -0.3 is 4.90 Å². The van der Waals surface area contributed by atoms with Crippen LogP contribution in [0.2, 0.25) is 5.02 Å². The molecule has 0 N–H and O–H groups in total. The van der Waals surface area contributed by atoms with E-state index in [4.69, 9.17) is 46.4 Å². The molecule has 1 nitrogen and oxygen atoms in total. The summed E-state index contributed by atoms with van der Waals surface area (Å²) in [5, 5.41) is 2.23. The Morgan fingerprint density at radius 3 is 2.42 bits per heavy atom. The molecule has 0 fully saturated rings. The highest BCUT2D eigenvalue weighted by atomic mass is 35.5. The minimum absolute atomic E-state index is 0.0198. The number of hydrogen-bond donors (Lipinski definition) is 0. The van der Waals surface area contributed by atoms with Crippen LogP contribution in [0.25, 0.3) is 0 Å². The number of rotatable bonds is 2. The topological polar surface area (TPSA) is 3.24 Å². The Morgan fingerprint density at radius 1 is 1.11 bits per heavy atom. The van der Waals surface area contributed by atoms with Crippen molar-refractivity contribution in [2.24, 2.45) is 0 Å². The number of benzene rings is 1. The van der Waals surface area contributed by atoms with E-state index in [1.54, 1.807) is 0 Å². The van der Waals surface area contributed by atoms with E-state index < -0.39 is 0 Å². The van der Waals surface area contributed by atoms with Crippen molar-refractivity contribution >= 4 is 52.1 Å². The summed E-state index contributed by atoms with van der Waals surface area (Å²) in [4.78, 5) is 2.01. The van der Waals surface area contributed by atoms with E-state index in [0.29, 0.717) is 20.1 Å². The van der Waals surface area contributed by atoms with Gasteiger partial charge in [0.2, 0.25) is 0 Å². The van der Waals surface area contributed by atoms with Gasteiger partial charge in [0.25, 0.3) is 0 Å². The molecule has 1 aliphatic carbocycles. The maximum absolute atomic E-state index is 6.35. The quantitative estimate of drug-likeness (QED) is 0.669. The monoisotopic (exact) mass is 335 g/mol. The lowest BCUT2D eigenvalue weighted by atomic mass is 9.90. The summed E-state index contributed by atoms with van der Waals surface area (Å²) >= 11 is 24.5. The fourth-order valence-corrected chi connectivity index (χ4v) is 3.07. The second kappa shape index (κ2) is 5.97. The largest absolute Gasteiger partial charge is 0.377 e. The van der Waals surface area contributed by atoms with Crippen molar-refractivity contribution in [1.29, 1.82) is 0 Å². The predicted molar refractivity (Wildman–Crippen MR) is 85.8 cm³/mol. The van der Waals surface area contributed by atoms with Crippen LogP contribution < -0.4 is 4.90 Å². The summed E-state index contributed by atoms with van der Waals surface area (Å²) in [5.41, 5.74) is 2.13. The zero-order chi connectivity index (χ0) is 14.2. The first kappa shape index (κ1) is 15.1. The molecule has 0 heterocycles. The maximum Gasteiger partial charge on any atom is 0.0740 e. The van der Waals surface area contributed by atoms with E-state index >= 15 is 0 Å². The number of nitrogens with zero attached hydrogens (tertiary/aromatic N) is 1. The van der Waals surface area contributed by atoms with Crippen molar-refractivity contribution < 1.29 is 0 Å². The van der Waals surface area contributed by atoms with E-state index in [9.17, 15) is 0 Å². The molecule has 5 heteroatoms. The molecule has 0 aromatic heterocycles. The molecule has 0 spiro atoms. The molecule has 1 atom stereocenters. The van der Waals surface area contributed by atoms with Gasteiger partial charge in [-0.25, -0.2) is 0 Å². The van der Waals surface area contributed by atoms with Crippen molar-refractivity contribution in [1.82, 2.24) is 0 Å². The molecule has 19 heavy (non-hydrogen) atoms. The van der Waals surface area contributed by atoms with E-state index in [-0.39, 0.29) is 5.92 Å². The van der Waals surface area contributed by atoms with Crippen LogP contribution in [0, 0.1) is 0 Å². The van der Waals surface area contributed by atoms with Crippen molar-refractivity contribution in [3.63, 3.8) is 0 Å². The minimum atomic E-state index is 0.0198. The molecule has 1 aromatic carbocycles. The highest BCUT2D eigenvalue weighted by Gasteiger charge is 2.25. The fraction of sp³-hybridized carbons (Fsp3) is 0.286. The zero-order valence-corrected chi connectivity index (χ0v) is 13.6. The molecule has 1 aliphatic rings. The molecule has 0 bridgehead atoms. The summed E-state index contributed by atoms with van der Waals surface area (Å²) in [6.45, 7) is 0. The first-order chi connectivity index (χ1) is 8.91. The minimum Gasteiger partial charge on any atom is -0.377 e. The molecule has 0 saturated carbocycles. The third-order valence-electron chi connectivity index (χ3n) is 3.11. The van der Waals surface area contributed by atoms with Crippen LogP contribution in [0.1, 0.15) is 17.9 Å². The molecule has 1 unspecified atom stereocenters. The predicted octanol–water partition coefficient (Wildman–Crippen LogP) is 5.71. The van der Waals surface area contributed by atoms with Gasteiger partial charge in [0.15, 0.2) is 0 Å². The van der Waals surface area contributed by atoms with Crippen LogP contribution in [0.5, 0.6) is 0 Å². The van der Waals surface area contributed by atoms with Crippen LogP contribution in [-0.2, 0) is 0 Å². The SMILES string of the molecule is CN(C)c1cc(Cl)ccc1C1CC=C(Cl)C(Cl)=C1Cl. The third-order valence-corrected chi connectivity index (χ3v) is 4.74. The van der Waals surface area contributed by atoms with E-state index in [0.717, 1.165) is 17.7 Å².